The molecule has 0 radical (unpaired) electrons. The Kier molecular flexibility index (Phi) is 4.30. The fraction of sp³-hybridized carbons (Fsp3) is 0.786. The highest BCUT2D eigenvalue weighted by atomic mass is 16.5. The van der Waals surface area contributed by atoms with Crippen molar-refractivity contribution in [1.82, 2.24) is 24.6 Å². The van der Waals surface area contributed by atoms with Crippen molar-refractivity contribution in [3.8, 4) is 0 Å². The van der Waals surface area contributed by atoms with E-state index < -0.39 is 0 Å². The zero-order valence-electron chi connectivity index (χ0n) is 13.1. The molecule has 2 saturated heterocycles. The summed E-state index contributed by atoms with van der Waals surface area (Å²) in [5.41, 5.74) is -0.201. The van der Waals surface area contributed by atoms with Crippen molar-refractivity contribution in [3.63, 3.8) is 0 Å². The highest BCUT2D eigenvalue weighted by molar-refractivity contribution is 5.79. The first kappa shape index (κ1) is 15.2. The van der Waals surface area contributed by atoms with E-state index in [2.05, 4.69) is 15.1 Å². The van der Waals surface area contributed by atoms with Gasteiger partial charge in [0.1, 0.15) is 0 Å². The third-order valence-corrected chi connectivity index (χ3v) is 4.65. The minimum Gasteiger partial charge on any atom is -0.380 e. The highest BCUT2D eigenvalue weighted by Crippen LogP contribution is 2.31. The van der Waals surface area contributed by atoms with Crippen molar-refractivity contribution >= 4 is 5.91 Å². The number of nitrogens with zero attached hydrogens (tertiary/aromatic N) is 4. The fourth-order valence-corrected chi connectivity index (χ4v) is 3.20. The third kappa shape index (κ3) is 2.68. The molecule has 2 atom stereocenters. The molecule has 8 nitrogen and oxygen atoms in total. The van der Waals surface area contributed by atoms with E-state index >= 15 is 0 Å². The van der Waals surface area contributed by atoms with Crippen molar-refractivity contribution in [1.29, 1.82) is 0 Å². The summed E-state index contributed by atoms with van der Waals surface area (Å²) in [6.45, 7) is 5.23. The van der Waals surface area contributed by atoms with Crippen molar-refractivity contribution in [3.05, 3.63) is 16.3 Å². The van der Waals surface area contributed by atoms with E-state index in [4.69, 9.17) is 4.74 Å². The largest absolute Gasteiger partial charge is 0.380 e. The molecule has 1 amide bonds. The van der Waals surface area contributed by atoms with Crippen LogP contribution in [0.2, 0.25) is 0 Å². The lowest BCUT2D eigenvalue weighted by Crippen LogP contribution is -2.47. The lowest BCUT2D eigenvalue weighted by atomic mass is 10.1. The second-order valence-corrected chi connectivity index (χ2v) is 5.90. The molecule has 0 bridgehead atoms. The van der Waals surface area contributed by atoms with Gasteiger partial charge in [0.2, 0.25) is 5.91 Å². The maximum Gasteiger partial charge on any atom is 0.343 e. The van der Waals surface area contributed by atoms with Crippen LogP contribution in [0, 0.1) is 0 Å². The number of likely N-dealkylation sites (tertiary alicyclic amines) is 2. The van der Waals surface area contributed by atoms with Gasteiger partial charge in [-0.1, -0.05) is 0 Å². The van der Waals surface area contributed by atoms with Gasteiger partial charge in [0.05, 0.1) is 18.7 Å². The number of carbonyl (C=O) groups excluding carboxylic acids is 1. The van der Waals surface area contributed by atoms with Gasteiger partial charge in [0.15, 0.2) is 5.82 Å². The normalized spacial score (nSPS) is 25.5. The molecular formula is C14H23N5O3. The van der Waals surface area contributed by atoms with Crippen LogP contribution in [0.1, 0.15) is 31.6 Å². The van der Waals surface area contributed by atoms with Gasteiger partial charge in [-0.25, -0.2) is 9.89 Å². The molecule has 8 heteroatoms. The van der Waals surface area contributed by atoms with Crippen LogP contribution in [-0.4, -0.2) is 69.9 Å². The molecule has 122 valence electrons. The number of carbonyl (C=O) groups is 1. The molecule has 2 fully saturated rings. The Balaban J connectivity index is 1.79. The average Bonchev–Trinajstić information content (AvgIpc) is 2.99. The Bertz CT molecular complexity index is 592. The smallest absolute Gasteiger partial charge is 0.343 e. The van der Waals surface area contributed by atoms with Crippen LogP contribution in [0.25, 0.3) is 0 Å². The van der Waals surface area contributed by atoms with Crippen LogP contribution >= 0.6 is 0 Å². The van der Waals surface area contributed by atoms with Crippen LogP contribution in [0.3, 0.4) is 0 Å². The van der Waals surface area contributed by atoms with Crippen LogP contribution in [0.5, 0.6) is 0 Å². The Morgan fingerprint density at radius 3 is 2.82 bits per heavy atom. The molecule has 1 N–H and O–H groups in total. The molecule has 0 aromatic carbocycles. The van der Waals surface area contributed by atoms with Gasteiger partial charge in [0.25, 0.3) is 0 Å². The molecule has 3 rings (SSSR count). The standard InChI is InChI=1S/C14H23N5O3/c1-3-19-13(15-16-14(19)21)11-7-10(22-2)8-18(11)9-12(20)17-5-4-6-17/h10-11H,3-9H2,1-2H3,(H,16,21)/t10-,11-/m0/s1. The molecule has 3 heterocycles. The predicted octanol–water partition coefficient (Wildman–Crippen LogP) is -0.415. The van der Waals surface area contributed by atoms with E-state index in [1.54, 1.807) is 11.7 Å². The molecule has 22 heavy (non-hydrogen) atoms. The first-order valence-electron chi connectivity index (χ1n) is 7.83. The summed E-state index contributed by atoms with van der Waals surface area (Å²) in [6, 6.07) is -0.0610. The minimum atomic E-state index is -0.201. The lowest BCUT2D eigenvalue weighted by Gasteiger charge is -2.33. The molecule has 0 aliphatic carbocycles. The number of ether oxygens (including phenoxy) is 1. The molecule has 1 aromatic heterocycles. The number of amides is 1. The molecule has 1 aromatic rings. The Hall–Kier alpha value is -1.67. The second-order valence-electron chi connectivity index (χ2n) is 5.90. The van der Waals surface area contributed by atoms with Gasteiger partial charge < -0.3 is 9.64 Å². The van der Waals surface area contributed by atoms with Crippen molar-refractivity contribution in [2.75, 3.05) is 33.3 Å². The first-order valence-corrected chi connectivity index (χ1v) is 7.83. The topological polar surface area (TPSA) is 83.5 Å². The molecular weight excluding hydrogens is 286 g/mol. The Morgan fingerprint density at radius 1 is 1.45 bits per heavy atom. The number of nitrogens with one attached hydrogen (secondary N) is 1. The summed E-state index contributed by atoms with van der Waals surface area (Å²) in [5, 5.41) is 6.69. The van der Waals surface area contributed by atoms with E-state index in [0.29, 0.717) is 25.5 Å². The summed E-state index contributed by atoms with van der Waals surface area (Å²) in [7, 11) is 1.68. The minimum absolute atomic E-state index is 0.0610. The fourth-order valence-electron chi connectivity index (χ4n) is 3.20. The SMILES string of the molecule is CCn1c([C@@H]2C[C@H](OC)CN2CC(=O)N2CCC2)n[nH]c1=O. The van der Waals surface area contributed by atoms with Crippen LogP contribution in [0.15, 0.2) is 4.79 Å². The molecule has 0 saturated carbocycles. The van der Waals surface area contributed by atoms with E-state index in [1.165, 1.54) is 0 Å². The summed E-state index contributed by atoms with van der Waals surface area (Å²) >= 11 is 0. The van der Waals surface area contributed by atoms with Gasteiger partial charge >= 0.3 is 5.69 Å². The van der Waals surface area contributed by atoms with Crippen molar-refractivity contribution in [2.24, 2.45) is 0 Å². The van der Waals surface area contributed by atoms with Crippen molar-refractivity contribution in [2.45, 2.75) is 38.5 Å². The van der Waals surface area contributed by atoms with Crippen LogP contribution < -0.4 is 5.69 Å². The number of methoxy groups -OCH3 is 1. The van der Waals surface area contributed by atoms with Gasteiger partial charge in [-0.3, -0.25) is 14.3 Å². The number of H-pyrrole nitrogens is 1. The van der Waals surface area contributed by atoms with Gasteiger partial charge in [0, 0.05) is 33.3 Å². The number of aromatic nitrogens is 3. The maximum absolute atomic E-state index is 12.3. The number of hydrogen-bond donors (Lipinski definition) is 1. The van der Waals surface area contributed by atoms with E-state index in [1.807, 2.05) is 11.8 Å². The molecule has 0 unspecified atom stereocenters. The second kappa shape index (κ2) is 6.21. The molecule has 2 aliphatic heterocycles. The van der Waals surface area contributed by atoms with Crippen LogP contribution in [-0.2, 0) is 16.1 Å². The van der Waals surface area contributed by atoms with E-state index in [0.717, 1.165) is 25.9 Å². The van der Waals surface area contributed by atoms with Gasteiger partial charge in [-0.05, 0) is 19.8 Å². The maximum atomic E-state index is 12.3. The van der Waals surface area contributed by atoms with Crippen LogP contribution in [0.4, 0.5) is 0 Å². The first-order chi connectivity index (χ1) is 10.6. The third-order valence-electron chi connectivity index (χ3n) is 4.65. The zero-order chi connectivity index (χ0) is 15.7. The highest BCUT2D eigenvalue weighted by Gasteiger charge is 2.38. The Morgan fingerprint density at radius 2 is 2.23 bits per heavy atom. The Labute approximate surface area is 129 Å². The van der Waals surface area contributed by atoms with E-state index in [-0.39, 0.29) is 23.7 Å². The van der Waals surface area contributed by atoms with Gasteiger partial charge in [-0.15, -0.1) is 0 Å². The zero-order valence-corrected chi connectivity index (χ0v) is 13.1. The molecule has 2 aliphatic rings. The number of aromatic amines is 1. The predicted molar refractivity (Wildman–Crippen MR) is 79.4 cm³/mol. The van der Waals surface area contributed by atoms with Crippen molar-refractivity contribution < 1.29 is 9.53 Å². The summed E-state index contributed by atoms with van der Waals surface area (Å²) < 4.78 is 7.09. The number of hydrogen-bond acceptors (Lipinski definition) is 5. The summed E-state index contributed by atoms with van der Waals surface area (Å²) in [6.07, 6.45) is 1.89. The summed E-state index contributed by atoms with van der Waals surface area (Å²) in [4.78, 5) is 28.0. The lowest BCUT2D eigenvalue weighted by molar-refractivity contribution is -0.136. The molecule has 0 spiro atoms. The quantitative estimate of drug-likeness (QED) is 0.799. The monoisotopic (exact) mass is 309 g/mol. The average molecular weight is 309 g/mol. The van der Waals surface area contributed by atoms with Gasteiger partial charge in [-0.2, -0.15) is 5.10 Å². The van der Waals surface area contributed by atoms with E-state index in [9.17, 15) is 9.59 Å². The summed E-state index contributed by atoms with van der Waals surface area (Å²) in [5.74, 6) is 0.845. The number of rotatable bonds is 5.